The predicted molar refractivity (Wildman–Crippen MR) is 39.3 cm³/mol. The Labute approximate surface area is 80.5 Å². The molecule has 0 radical (unpaired) electrons. The minimum atomic E-state index is -4.87. The Kier molecular flexibility index (Phi) is 2.73. The normalized spacial score (nSPS) is 11.8. The summed E-state index contributed by atoms with van der Waals surface area (Å²) in [6, 6.07) is -0.115. The summed E-state index contributed by atoms with van der Waals surface area (Å²) in [5.41, 5.74) is 0. The van der Waals surface area contributed by atoms with E-state index in [1.165, 1.54) is 0 Å². The second kappa shape index (κ2) is 3.39. The largest absolute Gasteiger partial charge is 0.267 e. The fraction of sp³-hybridized carbons (Fsp3) is 0. The molecule has 0 spiro atoms. The van der Waals surface area contributed by atoms with Crippen molar-refractivity contribution in [2.45, 2.75) is 4.90 Å². The van der Waals surface area contributed by atoms with Crippen LogP contribution < -0.4 is 0 Å². The average Bonchev–Trinajstić information content (AvgIpc) is 1.98. The highest BCUT2D eigenvalue weighted by Gasteiger charge is 2.27. The number of hydrogen-bond acceptors (Lipinski definition) is 2. The highest BCUT2D eigenvalue weighted by Crippen LogP contribution is 2.26. The van der Waals surface area contributed by atoms with Crippen LogP contribution in [0.15, 0.2) is 11.0 Å². The van der Waals surface area contributed by atoms with Gasteiger partial charge in [-0.2, -0.15) is 0 Å². The van der Waals surface area contributed by atoms with Crippen molar-refractivity contribution in [1.29, 1.82) is 0 Å². The first kappa shape index (κ1) is 11.3. The van der Waals surface area contributed by atoms with Crippen molar-refractivity contribution in [3.05, 3.63) is 29.3 Å². The highest BCUT2D eigenvalue weighted by atomic mass is 35.7. The van der Waals surface area contributed by atoms with Crippen LogP contribution in [-0.2, 0) is 9.05 Å². The number of benzene rings is 1. The molecule has 0 amide bonds. The summed E-state index contributed by atoms with van der Waals surface area (Å²) in [6.07, 6.45) is 0. The fourth-order valence-corrected chi connectivity index (χ4v) is 1.79. The van der Waals surface area contributed by atoms with Crippen LogP contribution in [0, 0.1) is 23.3 Å². The molecule has 0 aliphatic carbocycles. The topological polar surface area (TPSA) is 34.1 Å². The monoisotopic (exact) mass is 248 g/mol. The van der Waals surface area contributed by atoms with Crippen LogP contribution in [0.2, 0.25) is 0 Å². The van der Waals surface area contributed by atoms with Gasteiger partial charge >= 0.3 is 0 Å². The van der Waals surface area contributed by atoms with E-state index >= 15 is 0 Å². The maximum Gasteiger partial charge on any atom is 0.267 e. The molecule has 0 atom stereocenters. The molecular formula is C6HClF4O2S. The molecule has 0 unspecified atom stereocenters. The first-order valence-electron chi connectivity index (χ1n) is 3.03. The molecule has 0 heterocycles. The zero-order chi connectivity index (χ0) is 11.1. The van der Waals surface area contributed by atoms with E-state index in [4.69, 9.17) is 0 Å². The second-order valence-electron chi connectivity index (χ2n) is 2.24. The number of hydrogen-bond donors (Lipinski definition) is 0. The van der Waals surface area contributed by atoms with Crippen LogP contribution in [0.3, 0.4) is 0 Å². The van der Waals surface area contributed by atoms with Crippen molar-refractivity contribution in [3.63, 3.8) is 0 Å². The number of rotatable bonds is 1. The lowest BCUT2D eigenvalue weighted by atomic mass is 10.3. The minimum Gasteiger partial charge on any atom is -0.207 e. The zero-order valence-corrected chi connectivity index (χ0v) is 7.76. The molecule has 0 saturated heterocycles. The lowest BCUT2D eigenvalue weighted by molar-refractivity contribution is 0.421. The first-order chi connectivity index (χ1) is 6.25. The molecule has 8 heteroatoms. The van der Waals surface area contributed by atoms with E-state index in [2.05, 4.69) is 10.7 Å². The third kappa shape index (κ3) is 1.83. The van der Waals surface area contributed by atoms with Crippen LogP contribution in [0.4, 0.5) is 17.6 Å². The summed E-state index contributed by atoms with van der Waals surface area (Å²) in [7, 11) is -0.295. The van der Waals surface area contributed by atoms with Crippen LogP contribution in [-0.4, -0.2) is 8.42 Å². The second-order valence-corrected chi connectivity index (χ2v) is 4.74. The van der Waals surface area contributed by atoms with E-state index in [9.17, 15) is 26.0 Å². The first-order valence-corrected chi connectivity index (χ1v) is 5.33. The molecule has 2 nitrogen and oxygen atoms in total. The van der Waals surface area contributed by atoms with E-state index < -0.39 is 37.2 Å². The molecule has 1 aromatic carbocycles. The quantitative estimate of drug-likeness (QED) is 0.434. The van der Waals surface area contributed by atoms with E-state index in [1.807, 2.05) is 0 Å². The van der Waals surface area contributed by atoms with Crippen LogP contribution in [0.1, 0.15) is 0 Å². The molecule has 0 saturated carbocycles. The standard InChI is InChI=1S/C6HClF4O2S/c7-14(12,13)6-4(10)2(8)1-3(9)5(6)11/h1H. The summed E-state index contributed by atoms with van der Waals surface area (Å²) < 4.78 is 71.3. The Bertz CT molecular complexity index is 459. The van der Waals surface area contributed by atoms with Gasteiger partial charge in [-0.25, -0.2) is 26.0 Å². The molecular weight excluding hydrogens is 248 g/mol. The van der Waals surface area contributed by atoms with Gasteiger partial charge < -0.3 is 0 Å². The smallest absolute Gasteiger partial charge is 0.207 e. The van der Waals surface area contributed by atoms with Crippen molar-refractivity contribution in [2.75, 3.05) is 0 Å². The Balaban J connectivity index is 3.74. The van der Waals surface area contributed by atoms with Crippen LogP contribution in [0.5, 0.6) is 0 Å². The maximum atomic E-state index is 12.7. The molecule has 0 fully saturated rings. The summed E-state index contributed by atoms with van der Waals surface area (Å²) in [5.74, 6) is -7.75. The van der Waals surface area contributed by atoms with Crippen LogP contribution >= 0.6 is 10.7 Å². The summed E-state index contributed by atoms with van der Waals surface area (Å²) >= 11 is 0. The van der Waals surface area contributed by atoms with Gasteiger partial charge in [0, 0.05) is 16.7 Å². The SMILES string of the molecule is O=S(=O)(Cl)c1c(F)c(F)cc(F)c1F. The predicted octanol–water partition coefficient (Wildman–Crippen LogP) is 2.17. The number of halogens is 5. The van der Waals surface area contributed by atoms with Gasteiger partial charge in [-0.15, -0.1) is 0 Å². The summed E-state index contributed by atoms with van der Waals surface area (Å²) in [5, 5.41) is 0. The third-order valence-electron chi connectivity index (χ3n) is 1.32. The average molecular weight is 249 g/mol. The molecule has 1 aromatic rings. The maximum absolute atomic E-state index is 12.7. The molecule has 0 N–H and O–H groups in total. The molecule has 0 aliphatic heterocycles. The molecule has 78 valence electrons. The van der Waals surface area contributed by atoms with Crippen molar-refractivity contribution < 1.29 is 26.0 Å². The van der Waals surface area contributed by atoms with Crippen molar-refractivity contribution in [3.8, 4) is 0 Å². The van der Waals surface area contributed by atoms with Gasteiger partial charge in [0.1, 0.15) is 0 Å². The van der Waals surface area contributed by atoms with Crippen molar-refractivity contribution in [1.82, 2.24) is 0 Å². The fourth-order valence-electron chi connectivity index (χ4n) is 0.765. The lowest BCUT2D eigenvalue weighted by Gasteiger charge is -2.02. The highest BCUT2D eigenvalue weighted by molar-refractivity contribution is 8.13. The Morgan fingerprint density at radius 3 is 1.64 bits per heavy atom. The molecule has 1 rings (SSSR count). The lowest BCUT2D eigenvalue weighted by Crippen LogP contribution is -2.05. The van der Waals surface area contributed by atoms with E-state index in [1.54, 1.807) is 0 Å². The molecule has 0 bridgehead atoms. The van der Waals surface area contributed by atoms with Gasteiger partial charge in [-0.1, -0.05) is 0 Å². The Morgan fingerprint density at radius 2 is 1.36 bits per heavy atom. The van der Waals surface area contributed by atoms with Gasteiger partial charge in [0.25, 0.3) is 9.05 Å². The van der Waals surface area contributed by atoms with E-state index in [0.717, 1.165) is 0 Å². The van der Waals surface area contributed by atoms with Gasteiger partial charge in [0.15, 0.2) is 28.2 Å². The third-order valence-corrected chi connectivity index (χ3v) is 2.62. The zero-order valence-electron chi connectivity index (χ0n) is 6.19. The minimum absolute atomic E-state index is 0.115. The summed E-state index contributed by atoms with van der Waals surface area (Å²) in [4.78, 5) is -1.82. The van der Waals surface area contributed by atoms with Crippen molar-refractivity contribution >= 4 is 19.7 Å². The molecule has 0 aromatic heterocycles. The van der Waals surface area contributed by atoms with Crippen LogP contribution in [0.25, 0.3) is 0 Å². The van der Waals surface area contributed by atoms with Gasteiger partial charge in [-0.05, 0) is 0 Å². The Morgan fingerprint density at radius 1 is 1.00 bits per heavy atom. The van der Waals surface area contributed by atoms with Gasteiger partial charge in [-0.3, -0.25) is 0 Å². The van der Waals surface area contributed by atoms with Crippen molar-refractivity contribution in [2.24, 2.45) is 0 Å². The summed E-state index contributed by atoms with van der Waals surface area (Å²) in [6.45, 7) is 0. The Hall–Kier alpha value is -0.820. The van der Waals surface area contributed by atoms with Gasteiger partial charge in [0.2, 0.25) is 0 Å². The molecule has 0 aliphatic rings. The molecule has 14 heavy (non-hydrogen) atoms. The van der Waals surface area contributed by atoms with E-state index in [-0.39, 0.29) is 6.07 Å². The van der Waals surface area contributed by atoms with Gasteiger partial charge in [0.05, 0.1) is 0 Å². The van der Waals surface area contributed by atoms with E-state index in [0.29, 0.717) is 0 Å².